The molecule has 0 saturated heterocycles. The van der Waals surface area contributed by atoms with Crippen molar-refractivity contribution in [1.29, 1.82) is 0 Å². The molecule has 0 rings (SSSR count). The Morgan fingerprint density at radius 2 is 1.68 bits per heavy atom. The van der Waals surface area contributed by atoms with Gasteiger partial charge in [0.25, 0.3) is 0 Å². The molecule has 0 aromatic heterocycles. The van der Waals surface area contributed by atoms with Crippen LogP contribution in [0.3, 0.4) is 0 Å². The lowest BCUT2D eigenvalue weighted by Gasteiger charge is -2.15. The molecule has 0 bridgehead atoms. The van der Waals surface area contributed by atoms with Gasteiger partial charge < -0.3 is 19.7 Å². The highest BCUT2D eigenvalue weighted by atomic mass is 16.5. The van der Waals surface area contributed by atoms with Gasteiger partial charge >= 0.3 is 5.97 Å². The van der Waals surface area contributed by atoms with E-state index in [0.29, 0.717) is 12.8 Å². The average molecular weight is 276 g/mol. The SMILES string of the molecule is CC(C)=O.CCCCC(CCC(O)CO)C(=O)OC. The van der Waals surface area contributed by atoms with Crippen LogP contribution in [0, 0.1) is 5.92 Å². The zero-order chi connectivity index (χ0) is 15.3. The second-order valence-electron chi connectivity index (χ2n) is 4.68. The number of Topliss-reactive ketones (excluding diaryl/α,β-unsaturated/α-hetero) is 1. The van der Waals surface area contributed by atoms with Gasteiger partial charge in [0.1, 0.15) is 5.78 Å². The smallest absolute Gasteiger partial charge is 0.308 e. The molecular formula is C14H28O5. The molecule has 0 fully saturated rings. The topological polar surface area (TPSA) is 83.8 Å². The van der Waals surface area contributed by atoms with Crippen molar-refractivity contribution in [2.24, 2.45) is 5.92 Å². The van der Waals surface area contributed by atoms with Crippen LogP contribution < -0.4 is 0 Å². The van der Waals surface area contributed by atoms with E-state index >= 15 is 0 Å². The van der Waals surface area contributed by atoms with Gasteiger partial charge in [0.2, 0.25) is 0 Å². The minimum atomic E-state index is -0.723. The highest BCUT2D eigenvalue weighted by molar-refractivity contribution is 5.72. The van der Waals surface area contributed by atoms with E-state index in [9.17, 15) is 14.7 Å². The molecule has 0 amide bonds. The third-order valence-corrected chi connectivity index (χ3v) is 2.50. The van der Waals surface area contributed by atoms with Crippen LogP contribution in [0.15, 0.2) is 0 Å². The van der Waals surface area contributed by atoms with Gasteiger partial charge in [-0.25, -0.2) is 0 Å². The molecule has 0 spiro atoms. The standard InChI is InChI=1S/C11H22O4.C3H6O/c1-3-4-5-9(11(14)15-2)6-7-10(13)8-12;1-3(2)4/h9-10,12-13H,3-8H2,1-2H3;1-2H3. The summed E-state index contributed by atoms with van der Waals surface area (Å²) < 4.78 is 4.69. The molecule has 0 aromatic rings. The first-order valence-corrected chi connectivity index (χ1v) is 6.72. The van der Waals surface area contributed by atoms with Crippen molar-refractivity contribution in [3.05, 3.63) is 0 Å². The van der Waals surface area contributed by atoms with Crippen molar-refractivity contribution in [2.45, 2.75) is 59.0 Å². The molecular weight excluding hydrogens is 248 g/mol. The fourth-order valence-electron chi connectivity index (χ4n) is 1.48. The van der Waals surface area contributed by atoms with E-state index in [1.165, 1.54) is 21.0 Å². The number of hydrogen-bond acceptors (Lipinski definition) is 5. The van der Waals surface area contributed by atoms with Crippen molar-refractivity contribution >= 4 is 11.8 Å². The van der Waals surface area contributed by atoms with E-state index < -0.39 is 6.10 Å². The minimum Gasteiger partial charge on any atom is -0.469 e. The van der Waals surface area contributed by atoms with E-state index in [-0.39, 0.29) is 24.3 Å². The van der Waals surface area contributed by atoms with Gasteiger partial charge in [-0.2, -0.15) is 0 Å². The first-order chi connectivity index (χ1) is 8.88. The van der Waals surface area contributed by atoms with Gasteiger partial charge in [0.05, 0.1) is 25.7 Å². The lowest BCUT2D eigenvalue weighted by atomic mass is 9.95. The second kappa shape index (κ2) is 13.5. The van der Waals surface area contributed by atoms with Crippen LogP contribution in [0.4, 0.5) is 0 Å². The molecule has 114 valence electrons. The quantitative estimate of drug-likeness (QED) is 0.659. The predicted molar refractivity (Wildman–Crippen MR) is 73.7 cm³/mol. The summed E-state index contributed by atoms with van der Waals surface area (Å²) in [6.45, 7) is 4.87. The number of aliphatic hydroxyl groups is 2. The molecule has 0 aliphatic rings. The highest BCUT2D eigenvalue weighted by Gasteiger charge is 2.19. The number of hydrogen-bond donors (Lipinski definition) is 2. The van der Waals surface area contributed by atoms with Crippen molar-refractivity contribution in [3.63, 3.8) is 0 Å². The van der Waals surface area contributed by atoms with Crippen LogP contribution in [0.25, 0.3) is 0 Å². The Hall–Kier alpha value is -0.940. The van der Waals surface area contributed by atoms with Crippen LogP contribution in [0.2, 0.25) is 0 Å². The Morgan fingerprint density at radius 3 is 2.05 bits per heavy atom. The summed E-state index contributed by atoms with van der Waals surface area (Å²) in [7, 11) is 1.38. The summed E-state index contributed by atoms with van der Waals surface area (Å²) in [5.41, 5.74) is 0. The van der Waals surface area contributed by atoms with Crippen molar-refractivity contribution in [3.8, 4) is 0 Å². The molecule has 0 aromatic carbocycles. The number of carbonyl (C=O) groups is 2. The first kappa shape index (κ1) is 20.4. The van der Waals surface area contributed by atoms with Crippen LogP contribution in [0.1, 0.15) is 52.9 Å². The zero-order valence-electron chi connectivity index (χ0n) is 12.5. The monoisotopic (exact) mass is 276 g/mol. The van der Waals surface area contributed by atoms with E-state index in [1.807, 2.05) is 0 Å². The number of esters is 1. The number of rotatable bonds is 8. The molecule has 0 radical (unpaired) electrons. The fraction of sp³-hybridized carbons (Fsp3) is 0.857. The third-order valence-electron chi connectivity index (χ3n) is 2.50. The zero-order valence-corrected chi connectivity index (χ0v) is 12.5. The van der Waals surface area contributed by atoms with Crippen LogP contribution in [-0.2, 0) is 14.3 Å². The fourth-order valence-corrected chi connectivity index (χ4v) is 1.48. The predicted octanol–water partition coefficient (Wildman–Crippen LogP) is 1.69. The number of carbonyl (C=O) groups excluding carboxylic acids is 2. The number of ether oxygens (including phenoxy) is 1. The Morgan fingerprint density at radius 1 is 1.16 bits per heavy atom. The molecule has 2 atom stereocenters. The van der Waals surface area contributed by atoms with Gasteiger partial charge in [0, 0.05) is 0 Å². The Kier molecular flexibility index (Phi) is 14.5. The molecule has 0 aliphatic heterocycles. The van der Waals surface area contributed by atoms with Gasteiger partial charge in [-0.1, -0.05) is 19.8 Å². The Labute approximate surface area is 116 Å². The second-order valence-corrected chi connectivity index (χ2v) is 4.68. The Balaban J connectivity index is 0. The molecule has 0 aliphatic carbocycles. The van der Waals surface area contributed by atoms with Crippen molar-refractivity contribution < 1.29 is 24.5 Å². The van der Waals surface area contributed by atoms with Gasteiger partial charge in [-0.05, 0) is 33.1 Å². The van der Waals surface area contributed by atoms with Crippen LogP contribution >= 0.6 is 0 Å². The van der Waals surface area contributed by atoms with Crippen LogP contribution in [0.5, 0.6) is 0 Å². The van der Waals surface area contributed by atoms with E-state index in [4.69, 9.17) is 9.84 Å². The minimum absolute atomic E-state index is 0.142. The van der Waals surface area contributed by atoms with E-state index in [1.54, 1.807) is 0 Å². The van der Waals surface area contributed by atoms with Crippen molar-refractivity contribution in [1.82, 2.24) is 0 Å². The van der Waals surface area contributed by atoms with Crippen LogP contribution in [-0.4, -0.2) is 41.8 Å². The molecule has 0 saturated carbocycles. The summed E-state index contributed by atoms with van der Waals surface area (Å²) in [6.07, 6.45) is 3.11. The summed E-state index contributed by atoms with van der Waals surface area (Å²) in [4.78, 5) is 20.8. The molecule has 2 unspecified atom stereocenters. The maximum Gasteiger partial charge on any atom is 0.308 e. The molecule has 5 nitrogen and oxygen atoms in total. The normalized spacial score (nSPS) is 12.9. The number of aliphatic hydroxyl groups excluding tert-OH is 2. The molecule has 5 heteroatoms. The average Bonchev–Trinajstić information content (AvgIpc) is 2.37. The summed E-state index contributed by atoms with van der Waals surface area (Å²) in [5, 5.41) is 17.8. The number of unbranched alkanes of at least 4 members (excludes halogenated alkanes) is 1. The number of ketones is 1. The van der Waals surface area contributed by atoms with Gasteiger partial charge in [-0.3, -0.25) is 4.79 Å². The highest BCUT2D eigenvalue weighted by Crippen LogP contribution is 2.17. The third kappa shape index (κ3) is 15.0. The summed E-state index contributed by atoms with van der Waals surface area (Å²) in [5.74, 6) is -0.190. The van der Waals surface area contributed by atoms with Crippen molar-refractivity contribution in [2.75, 3.05) is 13.7 Å². The maximum absolute atomic E-state index is 11.4. The molecule has 2 N–H and O–H groups in total. The van der Waals surface area contributed by atoms with E-state index in [2.05, 4.69) is 6.92 Å². The molecule has 19 heavy (non-hydrogen) atoms. The Bertz CT molecular complexity index is 236. The lowest BCUT2D eigenvalue weighted by molar-refractivity contribution is -0.146. The van der Waals surface area contributed by atoms with Gasteiger partial charge in [-0.15, -0.1) is 0 Å². The van der Waals surface area contributed by atoms with Gasteiger partial charge in [0.15, 0.2) is 0 Å². The van der Waals surface area contributed by atoms with E-state index in [0.717, 1.165) is 19.3 Å². The first-order valence-electron chi connectivity index (χ1n) is 6.72. The maximum atomic E-state index is 11.4. The lowest BCUT2D eigenvalue weighted by Crippen LogP contribution is -2.20. The molecule has 0 heterocycles. The largest absolute Gasteiger partial charge is 0.469 e. The summed E-state index contributed by atoms with van der Waals surface area (Å²) in [6, 6.07) is 0. The summed E-state index contributed by atoms with van der Waals surface area (Å²) >= 11 is 0. The number of methoxy groups -OCH3 is 1.